The number of aryl methyl sites for hydroxylation is 1. The van der Waals surface area contributed by atoms with Gasteiger partial charge in [0.25, 0.3) is 0 Å². The van der Waals surface area contributed by atoms with Gasteiger partial charge in [-0.1, -0.05) is 29.4 Å². The van der Waals surface area contributed by atoms with Crippen molar-refractivity contribution in [1.82, 2.24) is 24.8 Å². The first-order chi connectivity index (χ1) is 12.7. The second-order valence-electron chi connectivity index (χ2n) is 6.21. The van der Waals surface area contributed by atoms with Crippen LogP contribution < -0.4 is 0 Å². The average molecular weight is 381 g/mol. The second kappa shape index (κ2) is 7.01. The lowest BCUT2D eigenvalue weighted by Crippen LogP contribution is -2.35. The Bertz CT molecular complexity index is 963. The summed E-state index contributed by atoms with van der Waals surface area (Å²) in [5.74, 6) is -1.56. The largest absolute Gasteiger partial charge is 0.449 e. The molecule has 0 bridgehead atoms. The van der Waals surface area contributed by atoms with Crippen LogP contribution in [-0.4, -0.2) is 37.7 Å². The van der Waals surface area contributed by atoms with Crippen molar-refractivity contribution >= 4 is 16.9 Å². The Kier molecular flexibility index (Phi) is 4.90. The highest BCUT2D eigenvalue weighted by Gasteiger charge is 2.40. The van der Waals surface area contributed by atoms with Gasteiger partial charge in [0.2, 0.25) is 11.7 Å². The first-order valence-electron chi connectivity index (χ1n) is 8.31. The van der Waals surface area contributed by atoms with Crippen molar-refractivity contribution in [2.45, 2.75) is 39.0 Å². The fourth-order valence-corrected chi connectivity index (χ4v) is 2.98. The Labute approximate surface area is 152 Å². The van der Waals surface area contributed by atoms with Crippen molar-refractivity contribution in [3.05, 3.63) is 41.5 Å². The zero-order valence-electron chi connectivity index (χ0n) is 15.0. The topological polar surface area (TPSA) is 77.0 Å². The van der Waals surface area contributed by atoms with Crippen LogP contribution in [0.15, 0.2) is 28.9 Å². The van der Waals surface area contributed by atoms with E-state index in [1.165, 1.54) is 24.1 Å². The number of carbonyl (C=O) groups excluding carboxylic acids is 1. The third kappa shape index (κ3) is 3.51. The number of halogens is 3. The smallest absolute Gasteiger partial charge is 0.338 e. The monoisotopic (exact) mass is 381 g/mol. The summed E-state index contributed by atoms with van der Waals surface area (Å²) < 4.78 is 46.3. The molecule has 2 aromatic heterocycles. The fraction of sp³-hybridized carbons (Fsp3) is 0.412. The van der Waals surface area contributed by atoms with E-state index in [1.54, 1.807) is 26.0 Å². The molecular formula is C17H18F3N5O2. The van der Waals surface area contributed by atoms with Gasteiger partial charge < -0.3 is 9.47 Å². The molecule has 144 valence electrons. The van der Waals surface area contributed by atoms with Gasteiger partial charge in [0.05, 0.1) is 17.6 Å². The van der Waals surface area contributed by atoms with E-state index in [4.69, 9.17) is 0 Å². The Hall–Kier alpha value is -2.91. The first kappa shape index (κ1) is 18.9. The molecule has 7 nitrogen and oxygen atoms in total. The maximum absolute atomic E-state index is 13.6. The van der Waals surface area contributed by atoms with Gasteiger partial charge in [-0.3, -0.25) is 4.79 Å². The van der Waals surface area contributed by atoms with E-state index >= 15 is 0 Å². The standard InChI is InChI=1S/C17H18F3N5O2/c1-4-13(15(26)24(3)9-12-10(2)22-27-23-12)25-14-8-6-5-7-11(14)21-16(25)17(18,19)20/h5-8,13H,4,9H2,1-3H3. The number of hydrogen-bond acceptors (Lipinski definition) is 5. The molecule has 2 heterocycles. The normalized spacial score (nSPS) is 13.1. The molecule has 0 radical (unpaired) electrons. The number of nitrogens with zero attached hydrogens (tertiary/aromatic N) is 5. The molecule has 3 rings (SSSR count). The van der Waals surface area contributed by atoms with Crippen LogP contribution in [0.25, 0.3) is 11.0 Å². The van der Waals surface area contributed by atoms with E-state index in [0.29, 0.717) is 11.4 Å². The minimum absolute atomic E-state index is 0.0820. The number of aromatic nitrogens is 4. The molecule has 10 heteroatoms. The Morgan fingerprint density at radius 2 is 2.00 bits per heavy atom. The summed E-state index contributed by atoms with van der Waals surface area (Å²) in [4.78, 5) is 18.0. The van der Waals surface area contributed by atoms with Gasteiger partial charge >= 0.3 is 6.18 Å². The van der Waals surface area contributed by atoms with E-state index in [2.05, 4.69) is 19.9 Å². The molecule has 0 N–H and O–H groups in total. The first-order valence-corrected chi connectivity index (χ1v) is 8.31. The molecule has 0 aliphatic rings. The molecular weight excluding hydrogens is 363 g/mol. The van der Waals surface area contributed by atoms with E-state index in [-0.39, 0.29) is 24.0 Å². The number of likely N-dealkylation sites (N-methyl/N-ethyl adjacent to an activating group) is 1. The average Bonchev–Trinajstić information content (AvgIpc) is 3.19. The summed E-state index contributed by atoms with van der Waals surface area (Å²) in [6.07, 6.45) is -4.51. The molecule has 0 fully saturated rings. The van der Waals surface area contributed by atoms with Crippen LogP contribution in [0.5, 0.6) is 0 Å². The Morgan fingerprint density at radius 3 is 2.59 bits per heavy atom. The van der Waals surface area contributed by atoms with Gasteiger partial charge in [-0.15, -0.1) is 0 Å². The molecule has 3 aromatic rings. The van der Waals surface area contributed by atoms with Crippen molar-refractivity contribution in [3.63, 3.8) is 0 Å². The maximum Gasteiger partial charge on any atom is 0.449 e. The van der Waals surface area contributed by atoms with E-state index < -0.39 is 23.9 Å². The highest BCUT2D eigenvalue weighted by atomic mass is 19.4. The summed E-state index contributed by atoms with van der Waals surface area (Å²) in [5.41, 5.74) is 1.42. The summed E-state index contributed by atoms with van der Waals surface area (Å²) in [6, 6.07) is 5.19. The molecule has 27 heavy (non-hydrogen) atoms. The van der Waals surface area contributed by atoms with E-state index in [0.717, 1.165) is 4.57 Å². The number of hydrogen-bond donors (Lipinski definition) is 0. The van der Waals surface area contributed by atoms with Gasteiger partial charge in [-0.25, -0.2) is 9.61 Å². The fourth-order valence-electron chi connectivity index (χ4n) is 2.98. The van der Waals surface area contributed by atoms with Crippen LogP contribution in [-0.2, 0) is 17.5 Å². The highest BCUT2D eigenvalue weighted by Crippen LogP contribution is 2.35. The number of amides is 1. The molecule has 1 atom stereocenters. The van der Waals surface area contributed by atoms with E-state index in [9.17, 15) is 18.0 Å². The Balaban J connectivity index is 2.02. The van der Waals surface area contributed by atoms with E-state index in [1.807, 2.05) is 0 Å². The van der Waals surface area contributed by atoms with Crippen LogP contribution in [0.2, 0.25) is 0 Å². The van der Waals surface area contributed by atoms with Crippen LogP contribution in [0.3, 0.4) is 0 Å². The molecule has 0 saturated carbocycles. The van der Waals surface area contributed by atoms with Crippen molar-refractivity contribution in [3.8, 4) is 0 Å². The highest BCUT2D eigenvalue weighted by molar-refractivity contribution is 5.84. The van der Waals surface area contributed by atoms with Crippen molar-refractivity contribution in [1.29, 1.82) is 0 Å². The number of alkyl halides is 3. The van der Waals surface area contributed by atoms with Crippen LogP contribution in [0.1, 0.15) is 36.6 Å². The molecule has 0 aliphatic carbocycles. The number of para-hydroxylation sites is 2. The molecule has 1 unspecified atom stereocenters. The number of rotatable bonds is 5. The predicted molar refractivity (Wildman–Crippen MR) is 89.6 cm³/mol. The second-order valence-corrected chi connectivity index (χ2v) is 6.21. The number of benzene rings is 1. The summed E-state index contributed by atoms with van der Waals surface area (Å²) >= 11 is 0. The van der Waals surface area contributed by atoms with Gasteiger partial charge in [-0.05, 0) is 25.5 Å². The third-order valence-electron chi connectivity index (χ3n) is 4.34. The van der Waals surface area contributed by atoms with Crippen molar-refractivity contribution in [2.24, 2.45) is 0 Å². The summed E-state index contributed by atoms with van der Waals surface area (Å²) in [7, 11) is 1.51. The zero-order chi connectivity index (χ0) is 19.8. The lowest BCUT2D eigenvalue weighted by Gasteiger charge is -2.25. The number of imidazole rings is 1. The minimum atomic E-state index is -4.68. The quantitative estimate of drug-likeness (QED) is 0.677. The van der Waals surface area contributed by atoms with Crippen molar-refractivity contribution < 1.29 is 22.6 Å². The molecule has 1 amide bonds. The summed E-state index contributed by atoms with van der Waals surface area (Å²) in [5, 5.41) is 7.36. The van der Waals surface area contributed by atoms with Gasteiger partial charge in [0.15, 0.2) is 0 Å². The lowest BCUT2D eigenvalue weighted by molar-refractivity contribution is -0.149. The van der Waals surface area contributed by atoms with Gasteiger partial charge in [-0.2, -0.15) is 13.2 Å². The zero-order valence-corrected chi connectivity index (χ0v) is 15.0. The van der Waals surface area contributed by atoms with Gasteiger partial charge in [0.1, 0.15) is 17.4 Å². The summed E-state index contributed by atoms with van der Waals surface area (Å²) in [6.45, 7) is 3.42. The van der Waals surface area contributed by atoms with Gasteiger partial charge in [0, 0.05) is 7.05 Å². The number of carbonyl (C=O) groups is 1. The SMILES string of the molecule is CCC(C(=O)N(C)Cc1nonc1C)n1c(C(F)(F)F)nc2ccccc21. The number of fused-ring (bicyclic) bond motifs is 1. The molecule has 0 aliphatic heterocycles. The van der Waals surface area contributed by atoms with Crippen LogP contribution >= 0.6 is 0 Å². The maximum atomic E-state index is 13.6. The molecule has 0 spiro atoms. The molecule has 0 saturated heterocycles. The van der Waals surface area contributed by atoms with Crippen LogP contribution in [0, 0.1) is 6.92 Å². The Morgan fingerprint density at radius 1 is 1.30 bits per heavy atom. The van der Waals surface area contributed by atoms with Crippen LogP contribution in [0.4, 0.5) is 13.2 Å². The predicted octanol–water partition coefficient (Wildman–Crippen LogP) is 3.36. The lowest BCUT2D eigenvalue weighted by atomic mass is 10.1. The molecule has 1 aromatic carbocycles. The minimum Gasteiger partial charge on any atom is -0.338 e. The third-order valence-corrected chi connectivity index (χ3v) is 4.34. The van der Waals surface area contributed by atoms with Crippen molar-refractivity contribution in [2.75, 3.05) is 7.05 Å².